The van der Waals surface area contributed by atoms with Crippen molar-refractivity contribution in [3.05, 3.63) is 83.4 Å². The van der Waals surface area contributed by atoms with Gasteiger partial charge in [0.1, 0.15) is 11.5 Å². The number of hydrogen-bond acceptors (Lipinski definition) is 4. The molecule has 8 heteroatoms. The van der Waals surface area contributed by atoms with E-state index in [1.54, 1.807) is 44.2 Å². The number of nitrogens with one attached hydrogen (secondary N) is 2. The predicted octanol–water partition coefficient (Wildman–Crippen LogP) is 5.27. The number of carbonyl (C=O) groups excluding carboxylic acids is 2. The van der Waals surface area contributed by atoms with Crippen molar-refractivity contribution in [1.29, 1.82) is 0 Å². The molecule has 0 aliphatic heterocycles. The molecule has 0 spiro atoms. The Labute approximate surface area is 184 Å². The molecule has 32 heavy (non-hydrogen) atoms. The Balaban J connectivity index is 1.93. The SMILES string of the molecule is CCOc1cc(NC(=O)c2ccc(F)c(F)c2)c(OCC)cc1NC(=O)c1ccccc1. The van der Waals surface area contributed by atoms with Crippen molar-refractivity contribution in [2.45, 2.75) is 13.8 Å². The fourth-order valence-electron chi connectivity index (χ4n) is 2.92. The predicted molar refractivity (Wildman–Crippen MR) is 117 cm³/mol. The lowest BCUT2D eigenvalue weighted by molar-refractivity contribution is 0.101. The molecule has 0 radical (unpaired) electrons. The number of halogens is 2. The maximum Gasteiger partial charge on any atom is 0.255 e. The fourth-order valence-corrected chi connectivity index (χ4v) is 2.92. The summed E-state index contributed by atoms with van der Waals surface area (Å²) in [4.78, 5) is 25.2. The molecule has 2 N–H and O–H groups in total. The average Bonchev–Trinajstić information content (AvgIpc) is 2.79. The summed E-state index contributed by atoms with van der Waals surface area (Å²) >= 11 is 0. The average molecular weight is 440 g/mol. The van der Waals surface area contributed by atoms with Crippen molar-refractivity contribution in [3.8, 4) is 11.5 Å². The van der Waals surface area contributed by atoms with Crippen LogP contribution in [0.25, 0.3) is 0 Å². The summed E-state index contributed by atoms with van der Waals surface area (Å²) in [7, 11) is 0. The molecule has 3 aromatic carbocycles. The molecule has 3 aromatic rings. The highest BCUT2D eigenvalue weighted by Crippen LogP contribution is 2.37. The van der Waals surface area contributed by atoms with Crippen molar-refractivity contribution >= 4 is 23.2 Å². The number of amides is 2. The van der Waals surface area contributed by atoms with Gasteiger partial charge in [-0.1, -0.05) is 18.2 Å². The van der Waals surface area contributed by atoms with Crippen molar-refractivity contribution in [2.24, 2.45) is 0 Å². The van der Waals surface area contributed by atoms with Gasteiger partial charge in [0.05, 0.1) is 24.6 Å². The van der Waals surface area contributed by atoms with Gasteiger partial charge in [0, 0.05) is 23.3 Å². The van der Waals surface area contributed by atoms with Crippen LogP contribution in [0.5, 0.6) is 11.5 Å². The van der Waals surface area contributed by atoms with Gasteiger partial charge in [0.25, 0.3) is 11.8 Å². The number of rotatable bonds is 8. The molecule has 166 valence electrons. The molecular weight excluding hydrogens is 418 g/mol. The van der Waals surface area contributed by atoms with E-state index in [0.717, 1.165) is 12.1 Å². The summed E-state index contributed by atoms with van der Waals surface area (Å²) in [6, 6.07) is 14.6. The zero-order valence-electron chi connectivity index (χ0n) is 17.6. The summed E-state index contributed by atoms with van der Waals surface area (Å²) in [6.45, 7) is 4.13. The minimum atomic E-state index is -1.13. The summed E-state index contributed by atoms with van der Waals surface area (Å²) < 4.78 is 38.0. The number of hydrogen-bond donors (Lipinski definition) is 2. The molecule has 0 saturated heterocycles. The quantitative estimate of drug-likeness (QED) is 0.501. The topological polar surface area (TPSA) is 76.7 Å². The minimum absolute atomic E-state index is 0.0641. The molecule has 0 aromatic heterocycles. The molecule has 0 saturated carbocycles. The Morgan fingerprint density at radius 2 is 1.25 bits per heavy atom. The lowest BCUT2D eigenvalue weighted by atomic mass is 10.1. The van der Waals surface area contributed by atoms with Crippen molar-refractivity contribution in [3.63, 3.8) is 0 Å². The first kappa shape index (κ1) is 22.7. The number of anilines is 2. The van der Waals surface area contributed by atoms with E-state index >= 15 is 0 Å². The first-order valence-corrected chi connectivity index (χ1v) is 9.99. The molecular formula is C24H22F2N2O4. The molecule has 3 rings (SSSR count). The highest BCUT2D eigenvalue weighted by molar-refractivity contribution is 6.07. The highest BCUT2D eigenvalue weighted by atomic mass is 19.2. The van der Waals surface area contributed by atoms with Crippen molar-refractivity contribution in [1.82, 2.24) is 0 Å². The van der Waals surface area contributed by atoms with Gasteiger partial charge in [-0.05, 0) is 44.2 Å². The fraction of sp³-hybridized carbons (Fsp3) is 0.167. The number of ether oxygens (including phenoxy) is 2. The molecule has 0 aliphatic rings. The van der Waals surface area contributed by atoms with E-state index in [1.165, 1.54) is 18.2 Å². The third-order valence-corrected chi connectivity index (χ3v) is 4.40. The molecule has 0 bridgehead atoms. The van der Waals surface area contributed by atoms with Gasteiger partial charge in [-0.2, -0.15) is 0 Å². The zero-order valence-corrected chi connectivity index (χ0v) is 17.6. The van der Waals surface area contributed by atoms with Gasteiger partial charge in [0.15, 0.2) is 11.6 Å². The van der Waals surface area contributed by atoms with E-state index in [1.807, 2.05) is 0 Å². The van der Waals surface area contributed by atoms with E-state index in [4.69, 9.17) is 9.47 Å². The van der Waals surface area contributed by atoms with Crippen LogP contribution in [-0.4, -0.2) is 25.0 Å². The third-order valence-electron chi connectivity index (χ3n) is 4.40. The molecule has 0 unspecified atom stereocenters. The van der Waals surface area contributed by atoms with Gasteiger partial charge in [0.2, 0.25) is 0 Å². The summed E-state index contributed by atoms with van der Waals surface area (Å²) in [5.74, 6) is -2.60. The largest absolute Gasteiger partial charge is 0.492 e. The van der Waals surface area contributed by atoms with Crippen LogP contribution in [0, 0.1) is 11.6 Å². The van der Waals surface area contributed by atoms with Gasteiger partial charge in [-0.25, -0.2) is 8.78 Å². The van der Waals surface area contributed by atoms with E-state index in [9.17, 15) is 18.4 Å². The Bertz CT molecular complexity index is 1120. The maximum absolute atomic E-state index is 13.5. The summed E-state index contributed by atoms with van der Waals surface area (Å²) in [5.41, 5.74) is 1.01. The first-order valence-electron chi connectivity index (χ1n) is 9.99. The van der Waals surface area contributed by atoms with E-state index < -0.39 is 17.5 Å². The number of carbonyl (C=O) groups is 2. The third kappa shape index (κ3) is 5.40. The lowest BCUT2D eigenvalue weighted by Crippen LogP contribution is -2.16. The Kier molecular flexibility index (Phi) is 7.38. The summed E-state index contributed by atoms with van der Waals surface area (Å²) in [5, 5.41) is 5.41. The van der Waals surface area contributed by atoms with Crippen LogP contribution in [0.2, 0.25) is 0 Å². The van der Waals surface area contributed by atoms with Crippen LogP contribution < -0.4 is 20.1 Å². The van der Waals surface area contributed by atoms with Gasteiger partial charge < -0.3 is 20.1 Å². The molecule has 0 aliphatic carbocycles. The molecule has 0 heterocycles. The van der Waals surface area contributed by atoms with Crippen LogP contribution in [-0.2, 0) is 0 Å². The lowest BCUT2D eigenvalue weighted by Gasteiger charge is -2.18. The van der Waals surface area contributed by atoms with Crippen molar-refractivity contribution in [2.75, 3.05) is 23.8 Å². The Morgan fingerprint density at radius 3 is 1.75 bits per heavy atom. The van der Waals surface area contributed by atoms with Crippen molar-refractivity contribution < 1.29 is 27.8 Å². The second-order valence-corrected chi connectivity index (χ2v) is 6.61. The smallest absolute Gasteiger partial charge is 0.255 e. The maximum atomic E-state index is 13.5. The molecule has 6 nitrogen and oxygen atoms in total. The molecule has 0 atom stereocenters. The van der Waals surface area contributed by atoms with Crippen LogP contribution >= 0.6 is 0 Å². The van der Waals surface area contributed by atoms with Crippen LogP contribution in [0.15, 0.2) is 60.7 Å². The number of benzene rings is 3. The first-order chi connectivity index (χ1) is 15.4. The summed E-state index contributed by atoms with van der Waals surface area (Å²) in [6.07, 6.45) is 0. The van der Waals surface area contributed by atoms with E-state index in [2.05, 4.69) is 10.6 Å². The highest BCUT2D eigenvalue weighted by Gasteiger charge is 2.18. The van der Waals surface area contributed by atoms with Crippen LogP contribution in [0.3, 0.4) is 0 Å². The molecule has 2 amide bonds. The normalized spacial score (nSPS) is 10.4. The second-order valence-electron chi connectivity index (χ2n) is 6.61. The Morgan fingerprint density at radius 1 is 0.719 bits per heavy atom. The van der Waals surface area contributed by atoms with Gasteiger partial charge in [-0.3, -0.25) is 9.59 Å². The standard InChI is InChI=1S/C24H22F2N2O4/c1-3-31-21-14-20(28-24(30)16-10-11-17(25)18(26)12-16)22(32-4-2)13-19(21)27-23(29)15-8-6-5-7-9-15/h5-14H,3-4H2,1-2H3,(H,27,29)(H,28,30). The zero-order chi connectivity index (χ0) is 23.1. The van der Waals surface area contributed by atoms with Crippen LogP contribution in [0.1, 0.15) is 34.6 Å². The van der Waals surface area contributed by atoms with E-state index in [0.29, 0.717) is 23.6 Å². The second kappa shape index (κ2) is 10.4. The van der Waals surface area contributed by atoms with Gasteiger partial charge >= 0.3 is 0 Å². The monoisotopic (exact) mass is 440 g/mol. The van der Waals surface area contributed by atoms with Gasteiger partial charge in [-0.15, -0.1) is 0 Å². The van der Waals surface area contributed by atoms with E-state index in [-0.39, 0.29) is 29.5 Å². The molecule has 0 fully saturated rings. The van der Waals surface area contributed by atoms with Crippen LogP contribution in [0.4, 0.5) is 20.2 Å². The Hall–Kier alpha value is -3.94. The minimum Gasteiger partial charge on any atom is -0.492 e.